The normalized spacial score (nSPS) is 14.2. The van der Waals surface area contributed by atoms with E-state index in [2.05, 4.69) is 32.8 Å². The summed E-state index contributed by atoms with van der Waals surface area (Å²) in [5.74, 6) is -1.04. The number of benzene rings is 4. The highest BCUT2D eigenvalue weighted by atomic mass is 79.9. The van der Waals surface area contributed by atoms with E-state index in [1.807, 2.05) is 60.7 Å². The lowest BCUT2D eigenvalue weighted by molar-refractivity contribution is -0.126. The lowest BCUT2D eigenvalue weighted by Gasteiger charge is -2.28. The summed E-state index contributed by atoms with van der Waals surface area (Å²) < 4.78 is 12.1. The molecule has 1 heterocycles. The van der Waals surface area contributed by atoms with E-state index in [0.29, 0.717) is 37.3 Å². The van der Waals surface area contributed by atoms with Crippen molar-refractivity contribution < 1.29 is 23.9 Å². The van der Waals surface area contributed by atoms with Gasteiger partial charge in [0, 0.05) is 25.8 Å². The third kappa shape index (κ3) is 9.97. The van der Waals surface area contributed by atoms with Crippen molar-refractivity contribution in [1.82, 2.24) is 10.2 Å². The van der Waals surface area contributed by atoms with Gasteiger partial charge in [-0.2, -0.15) is 4.99 Å². The molecule has 0 atom stereocenters. The summed E-state index contributed by atoms with van der Waals surface area (Å²) in [5, 5.41) is 4.13. The summed E-state index contributed by atoms with van der Waals surface area (Å²) in [4.78, 5) is 46.8. The maximum absolute atomic E-state index is 14.2. The van der Waals surface area contributed by atoms with E-state index in [4.69, 9.17) is 32.7 Å². The highest BCUT2D eigenvalue weighted by Gasteiger charge is 2.35. The Labute approximate surface area is 331 Å². The molecule has 1 N–H and O–H groups in total. The maximum atomic E-state index is 14.2. The lowest BCUT2D eigenvalue weighted by Crippen LogP contribution is -2.42. The molecule has 0 fully saturated rings. The van der Waals surface area contributed by atoms with Crippen LogP contribution in [0.4, 0.5) is 0 Å². The smallest absolute Gasteiger partial charge is 0.285 e. The minimum absolute atomic E-state index is 0.0614. The number of halogens is 3. The van der Waals surface area contributed by atoms with Gasteiger partial charge in [-0.25, -0.2) is 0 Å². The van der Waals surface area contributed by atoms with Crippen LogP contribution < -0.4 is 14.8 Å². The van der Waals surface area contributed by atoms with E-state index in [-0.39, 0.29) is 29.0 Å². The molecule has 4 aromatic rings. The molecule has 0 saturated heterocycles. The summed E-state index contributed by atoms with van der Waals surface area (Å²) in [5.41, 5.74) is 3.26. The van der Waals surface area contributed by atoms with Gasteiger partial charge in [0.1, 0.15) is 12.2 Å². The van der Waals surface area contributed by atoms with Crippen LogP contribution in [-0.4, -0.2) is 40.7 Å². The van der Waals surface area contributed by atoms with Crippen LogP contribution >= 0.6 is 50.9 Å². The van der Waals surface area contributed by atoms with E-state index < -0.39 is 17.9 Å². The Balaban J connectivity index is 1.41. The van der Waals surface area contributed by atoms with Gasteiger partial charge in [0.15, 0.2) is 16.7 Å². The molecular formula is C41H34BrCl2N3O5S. The molecule has 0 unspecified atom stereocenters. The van der Waals surface area contributed by atoms with Crippen molar-refractivity contribution in [2.45, 2.75) is 19.6 Å². The highest BCUT2D eigenvalue weighted by Crippen LogP contribution is 2.37. The fourth-order valence-electron chi connectivity index (χ4n) is 5.28. The molecule has 3 amide bonds. The van der Waals surface area contributed by atoms with Crippen LogP contribution in [0.15, 0.2) is 143 Å². The number of rotatable bonds is 13. The number of carbonyl (C=O) groups is 3. The Bertz CT molecular complexity index is 2100. The molecule has 12 heteroatoms. The third-order valence-corrected chi connectivity index (χ3v) is 10.1. The Morgan fingerprint density at radius 1 is 1.00 bits per heavy atom. The largest absolute Gasteiger partial charge is 0.493 e. The van der Waals surface area contributed by atoms with E-state index in [1.165, 1.54) is 18.1 Å². The highest BCUT2D eigenvalue weighted by molar-refractivity contribution is 9.10. The molecule has 0 aromatic heterocycles. The minimum Gasteiger partial charge on any atom is -0.493 e. The Morgan fingerprint density at radius 3 is 2.28 bits per heavy atom. The summed E-state index contributed by atoms with van der Waals surface area (Å²) in [6.07, 6.45) is 8.06. The first-order valence-electron chi connectivity index (χ1n) is 16.2. The van der Waals surface area contributed by atoms with E-state index in [1.54, 1.807) is 61.6 Å². The second-order valence-corrected chi connectivity index (χ2v) is 14.0. The first-order chi connectivity index (χ1) is 25.6. The van der Waals surface area contributed by atoms with Gasteiger partial charge in [0.25, 0.3) is 11.8 Å². The number of ether oxygens (including phenoxy) is 2. The van der Waals surface area contributed by atoms with Gasteiger partial charge >= 0.3 is 0 Å². The van der Waals surface area contributed by atoms with E-state index in [0.717, 1.165) is 28.5 Å². The van der Waals surface area contributed by atoms with Gasteiger partial charge in [0.2, 0.25) is 5.91 Å². The summed E-state index contributed by atoms with van der Waals surface area (Å²) in [7, 11) is 1.48. The third-order valence-electron chi connectivity index (χ3n) is 7.89. The molecule has 0 bridgehead atoms. The second-order valence-electron chi connectivity index (χ2n) is 11.4. The van der Waals surface area contributed by atoms with Crippen LogP contribution in [0.5, 0.6) is 11.5 Å². The fourth-order valence-corrected chi connectivity index (χ4v) is 6.99. The molecule has 5 rings (SSSR count). The van der Waals surface area contributed by atoms with Crippen LogP contribution in [0.1, 0.15) is 35.2 Å². The molecular weight excluding hydrogens is 797 g/mol. The Hall–Kier alpha value is -4.87. The van der Waals surface area contributed by atoms with Crippen molar-refractivity contribution in [2.24, 2.45) is 4.99 Å². The van der Waals surface area contributed by atoms with Crippen LogP contribution in [-0.2, 0) is 21.0 Å². The average Bonchev–Trinajstić information content (AvgIpc) is 3.16. The summed E-state index contributed by atoms with van der Waals surface area (Å²) in [6, 6.07) is 27.3. The molecule has 0 spiro atoms. The number of amidine groups is 1. The molecule has 270 valence electrons. The Morgan fingerprint density at radius 2 is 1.68 bits per heavy atom. The first kappa shape index (κ1) is 39.3. The van der Waals surface area contributed by atoms with E-state index in [9.17, 15) is 14.4 Å². The number of amides is 3. The van der Waals surface area contributed by atoms with Gasteiger partial charge in [-0.1, -0.05) is 142 Å². The molecule has 0 radical (unpaired) electrons. The Kier molecular flexibility index (Phi) is 13.9. The molecule has 53 heavy (non-hydrogen) atoms. The maximum Gasteiger partial charge on any atom is 0.285 e. The van der Waals surface area contributed by atoms with Crippen molar-refractivity contribution >= 4 is 79.9 Å². The van der Waals surface area contributed by atoms with Crippen molar-refractivity contribution in [2.75, 3.05) is 12.9 Å². The molecule has 0 aliphatic carbocycles. The van der Waals surface area contributed by atoms with Gasteiger partial charge in [-0.05, 0) is 60.0 Å². The van der Waals surface area contributed by atoms with Crippen molar-refractivity contribution in [3.05, 3.63) is 170 Å². The van der Waals surface area contributed by atoms with Gasteiger partial charge in [-0.15, -0.1) is 0 Å². The molecule has 0 saturated carbocycles. The predicted molar refractivity (Wildman–Crippen MR) is 217 cm³/mol. The number of aliphatic imine (C=N–C) groups is 1. The zero-order valence-electron chi connectivity index (χ0n) is 28.7. The minimum atomic E-state index is -0.757. The number of nitrogens with one attached hydrogen (secondary N) is 1. The zero-order chi connectivity index (χ0) is 37.9. The number of hydrogen-bond acceptors (Lipinski definition) is 6. The predicted octanol–water partition coefficient (Wildman–Crippen LogP) is 9.74. The van der Waals surface area contributed by atoms with Crippen LogP contribution in [0, 0.1) is 0 Å². The number of carbonyl (C=O) groups excluding carboxylic acids is 3. The monoisotopic (exact) mass is 829 g/mol. The summed E-state index contributed by atoms with van der Waals surface area (Å²) in [6.45, 7) is 5.63. The number of hydrogen-bond donors (Lipinski definition) is 1. The van der Waals surface area contributed by atoms with Crippen LogP contribution in [0.25, 0.3) is 6.08 Å². The number of allylic oxidation sites excluding steroid dienone is 4. The lowest BCUT2D eigenvalue weighted by atomic mass is 9.99. The zero-order valence-corrected chi connectivity index (χ0v) is 32.6. The van der Waals surface area contributed by atoms with Crippen molar-refractivity contribution in [3.63, 3.8) is 0 Å². The summed E-state index contributed by atoms with van der Waals surface area (Å²) >= 11 is 16.9. The molecule has 4 aromatic carbocycles. The average molecular weight is 832 g/mol. The molecule has 1 aliphatic rings. The second kappa shape index (κ2) is 18.8. The number of methoxy groups -OCH3 is 1. The molecule has 8 nitrogen and oxygen atoms in total. The standard InChI is InChI=1S/C41H34BrCl2N3O5S/c1-4-6-17-31(5-2)47-40(50)32(20-29-21-35(51-3)36(23-33(29)42)52-24-28-18-19-30(43)22-34(28)44)39(49)46-41(47)53-25-37(48)45-38(26-13-9-7-10-14-26)27-15-11-8-12-16-27/h4-23,38H,1,24-25H2,2-3H3,(H,45,48)/b17-6-,31-5+,32-20+. The van der Waals surface area contributed by atoms with Crippen LogP contribution in [0.2, 0.25) is 10.0 Å². The quantitative estimate of drug-likeness (QED) is 0.0819. The fraction of sp³-hybridized carbons (Fsp3) is 0.122. The SMILES string of the molecule is C=C/C=C\C(=C/C)N1C(=O)/C(=C/c2cc(OC)c(OCc3ccc(Cl)cc3Cl)cc2Br)C(=O)N=C1SCC(=O)NC(c1ccccc1)c1ccccc1. The van der Waals surface area contributed by atoms with E-state index >= 15 is 0 Å². The van der Waals surface area contributed by atoms with Crippen molar-refractivity contribution in [3.8, 4) is 11.5 Å². The number of thioether (sulfide) groups is 1. The number of nitrogens with zero attached hydrogens (tertiary/aromatic N) is 2. The first-order valence-corrected chi connectivity index (χ1v) is 18.8. The molecule has 1 aliphatic heterocycles. The van der Waals surface area contributed by atoms with Gasteiger partial charge in [0.05, 0.1) is 18.9 Å². The van der Waals surface area contributed by atoms with Crippen LogP contribution in [0.3, 0.4) is 0 Å². The van der Waals surface area contributed by atoms with Gasteiger partial charge in [-0.3, -0.25) is 19.3 Å². The topological polar surface area (TPSA) is 97.3 Å². The van der Waals surface area contributed by atoms with Gasteiger partial charge < -0.3 is 14.8 Å². The van der Waals surface area contributed by atoms with Crippen molar-refractivity contribution in [1.29, 1.82) is 0 Å².